The lowest BCUT2D eigenvalue weighted by atomic mass is 10.0. The van der Waals surface area contributed by atoms with Crippen LogP contribution in [-0.2, 0) is 14.9 Å². The maximum Gasteiger partial charge on any atom is 0.328 e. The van der Waals surface area contributed by atoms with E-state index in [1.165, 1.54) is 14.1 Å². The zero-order chi connectivity index (χ0) is 12.1. The lowest BCUT2D eigenvalue weighted by molar-refractivity contribution is -0.424. The molecule has 87 valence electrons. The molecular formula is C7H9N4O5. The van der Waals surface area contributed by atoms with E-state index in [2.05, 4.69) is 9.88 Å². The van der Waals surface area contributed by atoms with Crippen molar-refractivity contribution < 1.29 is 24.8 Å². The first kappa shape index (κ1) is 10.8. The number of likely N-dealkylation sites (N-methyl/N-ethyl adjacent to an activating group) is 2. The number of imide groups is 1. The van der Waals surface area contributed by atoms with Gasteiger partial charge in [0.25, 0.3) is 5.91 Å². The molecule has 0 aliphatic carbocycles. The molecule has 0 bridgehead atoms. The van der Waals surface area contributed by atoms with E-state index in [-0.39, 0.29) is 0 Å². The largest absolute Gasteiger partial charge is 0.348 e. The van der Waals surface area contributed by atoms with Gasteiger partial charge in [-0.1, -0.05) is 0 Å². The SMILES string of the molecule is CN1C(=O)NC(=O)C2(O[O])N(C)C=NC12O. The van der Waals surface area contributed by atoms with E-state index in [1.807, 2.05) is 5.32 Å². The first-order chi connectivity index (χ1) is 7.40. The van der Waals surface area contributed by atoms with Crippen LogP contribution in [0, 0.1) is 0 Å². The Labute approximate surface area is 89.8 Å². The maximum absolute atomic E-state index is 11.6. The molecule has 16 heavy (non-hydrogen) atoms. The van der Waals surface area contributed by atoms with Crippen LogP contribution in [0.2, 0.25) is 0 Å². The molecule has 0 aromatic rings. The summed E-state index contributed by atoms with van der Waals surface area (Å²) in [5, 5.41) is 22.8. The highest BCUT2D eigenvalue weighted by molar-refractivity contribution is 6.04. The number of hydrogen-bond acceptors (Lipinski definition) is 6. The molecule has 2 aliphatic rings. The van der Waals surface area contributed by atoms with Crippen molar-refractivity contribution in [1.29, 1.82) is 0 Å². The van der Waals surface area contributed by atoms with E-state index in [1.54, 1.807) is 0 Å². The predicted molar refractivity (Wildman–Crippen MR) is 47.0 cm³/mol. The van der Waals surface area contributed by atoms with E-state index in [9.17, 15) is 20.0 Å². The second-order valence-electron chi connectivity index (χ2n) is 3.54. The molecule has 0 aromatic heterocycles. The molecule has 2 unspecified atom stereocenters. The highest BCUT2D eigenvalue weighted by Crippen LogP contribution is 2.38. The zero-order valence-corrected chi connectivity index (χ0v) is 8.50. The zero-order valence-electron chi connectivity index (χ0n) is 8.50. The number of nitrogens with one attached hydrogen (secondary N) is 1. The number of carbonyl (C=O) groups excluding carboxylic acids is 2. The Balaban J connectivity index is 2.59. The number of aliphatic hydroxyl groups is 1. The Kier molecular flexibility index (Phi) is 1.96. The summed E-state index contributed by atoms with van der Waals surface area (Å²) >= 11 is 0. The number of carbonyl (C=O) groups is 2. The Hall–Kier alpha value is -1.71. The third-order valence-electron chi connectivity index (χ3n) is 2.78. The van der Waals surface area contributed by atoms with Crippen molar-refractivity contribution in [1.82, 2.24) is 15.1 Å². The minimum atomic E-state index is -2.36. The molecule has 2 N–H and O–H groups in total. The van der Waals surface area contributed by atoms with Crippen molar-refractivity contribution in [3.63, 3.8) is 0 Å². The average molecular weight is 229 g/mol. The first-order valence-corrected chi connectivity index (χ1v) is 4.31. The minimum absolute atomic E-state index is 0.715. The van der Waals surface area contributed by atoms with Crippen molar-refractivity contribution in [2.75, 3.05) is 14.1 Å². The van der Waals surface area contributed by atoms with Crippen LogP contribution in [0.15, 0.2) is 4.99 Å². The van der Waals surface area contributed by atoms with Crippen LogP contribution in [-0.4, -0.2) is 58.9 Å². The van der Waals surface area contributed by atoms with E-state index < -0.39 is 23.5 Å². The molecule has 0 aromatic carbocycles. The number of hydrogen-bond donors (Lipinski definition) is 2. The van der Waals surface area contributed by atoms with Gasteiger partial charge in [0.15, 0.2) is 0 Å². The third kappa shape index (κ3) is 0.876. The van der Waals surface area contributed by atoms with Gasteiger partial charge in [-0.25, -0.2) is 9.79 Å². The van der Waals surface area contributed by atoms with E-state index >= 15 is 0 Å². The quantitative estimate of drug-likeness (QED) is 0.393. The highest BCUT2D eigenvalue weighted by Gasteiger charge is 2.71. The number of nitrogens with zero attached hydrogens (tertiary/aromatic N) is 3. The Bertz CT molecular complexity index is 398. The molecule has 0 spiro atoms. The topological polar surface area (TPSA) is 114 Å². The van der Waals surface area contributed by atoms with Crippen molar-refractivity contribution in [3.05, 3.63) is 0 Å². The fourth-order valence-corrected chi connectivity index (χ4v) is 1.76. The second-order valence-corrected chi connectivity index (χ2v) is 3.54. The van der Waals surface area contributed by atoms with Gasteiger partial charge in [-0.3, -0.25) is 15.0 Å². The summed E-state index contributed by atoms with van der Waals surface area (Å²) in [5.41, 5.74) is -2.30. The highest BCUT2D eigenvalue weighted by atomic mass is 17.1. The van der Waals surface area contributed by atoms with Crippen LogP contribution in [0.3, 0.4) is 0 Å². The van der Waals surface area contributed by atoms with Crippen molar-refractivity contribution in [3.8, 4) is 0 Å². The standard InChI is InChI=1S/C7H9N4O5/c1-10-3-8-7(14)6(10,16-15)4(12)9-5(13)11(7)2/h3,14H,1-2H3,(H,9,12,13). The van der Waals surface area contributed by atoms with Crippen molar-refractivity contribution >= 4 is 18.3 Å². The van der Waals surface area contributed by atoms with Crippen LogP contribution >= 0.6 is 0 Å². The number of fused-ring (bicyclic) bond motifs is 1. The lowest BCUT2D eigenvalue weighted by Crippen LogP contribution is -2.78. The van der Waals surface area contributed by atoms with Gasteiger partial charge in [0.05, 0.1) is 6.34 Å². The molecule has 3 amide bonds. The van der Waals surface area contributed by atoms with Crippen LogP contribution in [0.5, 0.6) is 0 Å². The predicted octanol–water partition coefficient (Wildman–Crippen LogP) is -2.15. The van der Waals surface area contributed by atoms with Gasteiger partial charge < -0.3 is 10.0 Å². The Morgan fingerprint density at radius 1 is 1.50 bits per heavy atom. The molecule has 1 radical (unpaired) electrons. The normalized spacial score (nSPS) is 37.8. The third-order valence-corrected chi connectivity index (χ3v) is 2.78. The van der Waals surface area contributed by atoms with Gasteiger partial charge in [-0.2, -0.15) is 4.89 Å². The monoisotopic (exact) mass is 229 g/mol. The summed E-state index contributed by atoms with van der Waals surface area (Å²) in [4.78, 5) is 32.1. The van der Waals surface area contributed by atoms with Gasteiger partial charge >= 0.3 is 17.6 Å². The molecular weight excluding hydrogens is 220 g/mol. The molecule has 1 saturated heterocycles. The van der Waals surface area contributed by atoms with E-state index in [0.717, 1.165) is 11.2 Å². The Morgan fingerprint density at radius 2 is 2.12 bits per heavy atom. The second kappa shape index (κ2) is 2.90. The van der Waals surface area contributed by atoms with Crippen molar-refractivity contribution in [2.24, 2.45) is 4.99 Å². The summed E-state index contributed by atoms with van der Waals surface area (Å²) in [6, 6.07) is -0.868. The molecule has 9 heteroatoms. The summed E-state index contributed by atoms with van der Waals surface area (Å²) in [5.74, 6) is -3.42. The molecule has 1 fully saturated rings. The summed E-state index contributed by atoms with van der Waals surface area (Å²) < 4.78 is 0. The average Bonchev–Trinajstić information content (AvgIpc) is 2.51. The molecule has 2 rings (SSSR count). The number of urea groups is 1. The van der Waals surface area contributed by atoms with Gasteiger partial charge in [0.2, 0.25) is 0 Å². The first-order valence-electron chi connectivity index (χ1n) is 4.31. The molecule has 2 heterocycles. The Morgan fingerprint density at radius 3 is 2.69 bits per heavy atom. The van der Waals surface area contributed by atoms with Gasteiger partial charge in [-0.05, 0) is 5.26 Å². The lowest BCUT2D eigenvalue weighted by Gasteiger charge is -2.45. The van der Waals surface area contributed by atoms with Crippen LogP contribution in [0.4, 0.5) is 4.79 Å². The van der Waals surface area contributed by atoms with E-state index in [0.29, 0.717) is 4.90 Å². The van der Waals surface area contributed by atoms with E-state index in [4.69, 9.17) is 0 Å². The molecule has 2 atom stereocenters. The van der Waals surface area contributed by atoms with Crippen molar-refractivity contribution in [2.45, 2.75) is 11.6 Å². The molecule has 2 aliphatic heterocycles. The smallest absolute Gasteiger partial charge is 0.328 e. The fourth-order valence-electron chi connectivity index (χ4n) is 1.76. The van der Waals surface area contributed by atoms with Gasteiger partial charge in [-0.15, -0.1) is 0 Å². The van der Waals surface area contributed by atoms with Crippen LogP contribution < -0.4 is 5.32 Å². The van der Waals surface area contributed by atoms with Gasteiger partial charge in [0, 0.05) is 14.1 Å². The molecule has 9 nitrogen and oxygen atoms in total. The maximum atomic E-state index is 11.6. The summed E-state index contributed by atoms with van der Waals surface area (Å²) in [6.07, 6.45) is 1.05. The number of rotatable bonds is 1. The van der Waals surface area contributed by atoms with Gasteiger partial charge in [0.1, 0.15) is 0 Å². The number of amides is 3. The number of aliphatic imine (C=N–C) groups is 1. The fraction of sp³-hybridized carbons (Fsp3) is 0.571. The van der Waals surface area contributed by atoms with Crippen LogP contribution in [0.25, 0.3) is 0 Å². The summed E-state index contributed by atoms with van der Waals surface area (Å²) in [6.45, 7) is 0. The van der Waals surface area contributed by atoms with Crippen LogP contribution in [0.1, 0.15) is 0 Å². The molecule has 0 saturated carbocycles. The summed E-state index contributed by atoms with van der Waals surface area (Å²) in [7, 11) is 2.51. The minimum Gasteiger partial charge on any atom is -0.348 e.